The number of nitrogens with zero attached hydrogens (tertiary/aromatic N) is 4. The molecule has 3 aromatic heterocycles. The Kier molecular flexibility index (Phi) is 2.45. The largest absolute Gasteiger partial charge is 0.476 e. The molecular formula is C12H7FN4O2. The van der Waals surface area contributed by atoms with Crippen LogP contribution in [0.5, 0.6) is 0 Å². The summed E-state index contributed by atoms with van der Waals surface area (Å²) in [5.74, 6) is -1.60. The number of hydrogen-bond donors (Lipinski definition) is 1. The molecule has 0 saturated heterocycles. The molecule has 0 amide bonds. The fourth-order valence-electron chi connectivity index (χ4n) is 1.72. The fraction of sp³-hybridized carbons (Fsp3) is 0. The Morgan fingerprint density at radius 1 is 1.26 bits per heavy atom. The maximum Gasteiger partial charge on any atom is 0.358 e. The van der Waals surface area contributed by atoms with E-state index < -0.39 is 11.8 Å². The van der Waals surface area contributed by atoms with Crippen LogP contribution in [0.1, 0.15) is 10.5 Å². The number of carboxylic acid groups (broad SMARTS) is 1. The molecular weight excluding hydrogens is 251 g/mol. The van der Waals surface area contributed by atoms with E-state index in [0.717, 1.165) is 6.20 Å². The monoisotopic (exact) mass is 258 g/mol. The van der Waals surface area contributed by atoms with Gasteiger partial charge in [0.1, 0.15) is 11.5 Å². The summed E-state index contributed by atoms with van der Waals surface area (Å²) in [5.41, 5.74) is 0.990. The number of aromatic nitrogens is 4. The summed E-state index contributed by atoms with van der Waals surface area (Å²) in [6.07, 6.45) is 5.65. The van der Waals surface area contributed by atoms with Crippen LogP contribution in [0.15, 0.2) is 36.9 Å². The second kappa shape index (κ2) is 4.13. The van der Waals surface area contributed by atoms with Crippen LogP contribution in [0.4, 0.5) is 4.39 Å². The molecule has 0 radical (unpaired) electrons. The molecule has 6 nitrogen and oxygen atoms in total. The molecule has 3 rings (SSSR count). The molecule has 0 spiro atoms. The van der Waals surface area contributed by atoms with Gasteiger partial charge < -0.3 is 9.51 Å². The van der Waals surface area contributed by atoms with Crippen molar-refractivity contribution in [3.05, 3.63) is 48.4 Å². The van der Waals surface area contributed by atoms with Crippen molar-refractivity contribution in [3.8, 4) is 11.4 Å². The normalized spacial score (nSPS) is 10.8. The number of hydrogen-bond acceptors (Lipinski definition) is 4. The highest BCUT2D eigenvalue weighted by molar-refractivity contribution is 5.92. The first-order valence-corrected chi connectivity index (χ1v) is 5.34. The van der Waals surface area contributed by atoms with E-state index in [-0.39, 0.29) is 11.3 Å². The maximum atomic E-state index is 12.8. The van der Waals surface area contributed by atoms with Crippen molar-refractivity contribution in [2.24, 2.45) is 0 Å². The third kappa shape index (κ3) is 1.90. The van der Waals surface area contributed by atoms with Crippen molar-refractivity contribution in [3.63, 3.8) is 0 Å². The lowest BCUT2D eigenvalue weighted by molar-refractivity contribution is 0.0692. The van der Waals surface area contributed by atoms with E-state index in [9.17, 15) is 9.18 Å². The van der Waals surface area contributed by atoms with Crippen LogP contribution in [-0.4, -0.2) is 30.4 Å². The first-order valence-electron chi connectivity index (χ1n) is 5.34. The van der Waals surface area contributed by atoms with E-state index in [1.165, 1.54) is 22.7 Å². The molecule has 3 aromatic rings. The SMILES string of the molecule is O=C(O)c1nccn2cc(-c3ccc(F)cn3)nc12. The lowest BCUT2D eigenvalue weighted by atomic mass is 10.3. The lowest BCUT2D eigenvalue weighted by Gasteiger charge is -1.95. The number of carbonyl (C=O) groups is 1. The van der Waals surface area contributed by atoms with Gasteiger partial charge >= 0.3 is 5.97 Å². The highest BCUT2D eigenvalue weighted by atomic mass is 19.1. The molecule has 3 heterocycles. The highest BCUT2D eigenvalue weighted by Crippen LogP contribution is 2.18. The standard InChI is InChI=1S/C12H7FN4O2/c13-7-1-2-8(15-5-7)9-6-17-4-3-14-10(12(18)19)11(17)16-9/h1-6H,(H,18,19). The summed E-state index contributed by atoms with van der Waals surface area (Å²) in [5, 5.41) is 9.02. The Morgan fingerprint density at radius 2 is 2.11 bits per heavy atom. The predicted octanol–water partition coefficient (Wildman–Crippen LogP) is 1.63. The summed E-state index contributed by atoms with van der Waals surface area (Å²) in [4.78, 5) is 22.9. The predicted molar refractivity (Wildman–Crippen MR) is 63.1 cm³/mol. The van der Waals surface area contributed by atoms with Crippen molar-refractivity contribution in [1.82, 2.24) is 19.4 Å². The van der Waals surface area contributed by atoms with E-state index in [4.69, 9.17) is 5.11 Å². The van der Waals surface area contributed by atoms with Gasteiger partial charge in [0.25, 0.3) is 0 Å². The molecule has 0 saturated carbocycles. The van der Waals surface area contributed by atoms with Crippen LogP contribution < -0.4 is 0 Å². The smallest absolute Gasteiger partial charge is 0.358 e. The summed E-state index contributed by atoms with van der Waals surface area (Å²) in [6, 6.07) is 2.74. The molecule has 7 heteroatoms. The zero-order valence-electron chi connectivity index (χ0n) is 9.49. The maximum absolute atomic E-state index is 12.8. The number of carboxylic acids is 1. The first-order chi connectivity index (χ1) is 9.15. The molecule has 0 aliphatic carbocycles. The van der Waals surface area contributed by atoms with Gasteiger partial charge in [-0.25, -0.2) is 19.2 Å². The number of fused-ring (bicyclic) bond motifs is 1. The van der Waals surface area contributed by atoms with Crippen molar-refractivity contribution < 1.29 is 14.3 Å². The van der Waals surface area contributed by atoms with Gasteiger partial charge in [-0.15, -0.1) is 0 Å². The number of aromatic carboxylic acids is 1. The average Bonchev–Trinajstić information content (AvgIpc) is 2.82. The molecule has 0 unspecified atom stereocenters. The van der Waals surface area contributed by atoms with Gasteiger partial charge in [0, 0.05) is 18.6 Å². The van der Waals surface area contributed by atoms with Gasteiger partial charge in [-0.05, 0) is 12.1 Å². The highest BCUT2D eigenvalue weighted by Gasteiger charge is 2.14. The Balaban J connectivity index is 2.19. The minimum Gasteiger partial charge on any atom is -0.476 e. The van der Waals surface area contributed by atoms with Gasteiger partial charge in [0.15, 0.2) is 11.3 Å². The number of halogens is 1. The molecule has 0 bridgehead atoms. The Labute approximate surface area is 106 Å². The average molecular weight is 258 g/mol. The van der Waals surface area contributed by atoms with E-state index >= 15 is 0 Å². The second-order valence-corrected chi connectivity index (χ2v) is 3.80. The third-order valence-electron chi connectivity index (χ3n) is 2.57. The molecule has 0 atom stereocenters. The van der Waals surface area contributed by atoms with Crippen molar-refractivity contribution in [1.29, 1.82) is 0 Å². The van der Waals surface area contributed by atoms with E-state index in [1.807, 2.05) is 0 Å². The Bertz CT molecular complexity index is 767. The van der Waals surface area contributed by atoms with Crippen molar-refractivity contribution in [2.75, 3.05) is 0 Å². The topological polar surface area (TPSA) is 80.4 Å². The summed E-state index contributed by atoms with van der Waals surface area (Å²) >= 11 is 0. The van der Waals surface area contributed by atoms with Crippen LogP contribution in [0.25, 0.3) is 17.0 Å². The zero-order valence-corrected chi connectivity index (χ0v) is 9.49. The second-order valence-electron chi connectivity index (χ2n) is 3.80. The Hall–Kier alpha value is -2.83. The molecule has 0 aliphatic heterocycles. The number of imidazole rings is 1. The van der Waals surface area contributed by atoms with Crippen LogP contribution in [-0.2, 0) is 0 Å². The number of rotatable bonds is 2. The van der Waals surface area contributed by atoms with E-state index in [1.54, 1.807) is 12.4 Å². The van der Waals surface area contributed by atoms with Crippen molar-refractivity contribution >= 4 is 11.6 Å². The Morgan fingerprint density at radius 3 is 2.79 bits per heavy atom. The lowest BCUT2D eigenvalue weighted by Crippen LogP contribution is -2.03. The van der Waals surface area contributed by atoms with Gasteiger partial charge in [0.05, 0.1) is 11.9 Å². The molecule has 19 heavy (non-hydrogen) atoms. The fourth-order valence-corrected chi connectivity index (χ4v) is 1.72. The molecule has 0 aromatic carbocycles. The molecule has 94 valence electrons. The van der Waals surface area contributed by atoms with Crippen LogP contribution in [0, 0.1) is 5.82 Å². The summed E-state index contributed by atoms with van der Waals surface area (Å²) < 4.78 is 14.3. The van der Waals surface area contributed by atoms with Crippen molar-refractivity contribution in [2.45, 2.75) is 0 Å². The molecule has 0 aliphatic rings. The van der Waals surface area contributed by atoms with Gasteiger partial charge in [-0.2, -0.15) is 0 Å². The van der Waals surface area contributed by atoms with Crippen LogP contribution >= 0.6 is 0 Å². The van der Waals surface area contributed by atoms with Gasteiger partial charge in [-0.3, -0.25) is 4.98 Å². The van der Waals surface area contributed by atoms with Gasteiger partial charge in [-0.1, -0.05) is 0 Å². The van der Waals surface area contributed by atoms with E-state index in [2.05, 4.69) is 15.0 Å². The molecule has 1 N–H and O–H groups in total. The first kappa shape index (κ1) is 11.3. The van der Waals surface area contributed by atoms with E-state index in [0.29, 0.717) is 11.4 Å². The summed E-state index contributed by atoms with van der Waals surface area (Å²) in [6.45, 7) is 0. The van der Waals surface area contributed by atoms with Crippen LogP contribution in [0.2, 0.25) is 0 Å². The minimum absolute atomic E-state index is 0.143. The summed E-state index contributed by atoms with van der Waals surface area (Å²) in [7, 11) is 0. The van der Waals surface area contributed by atoms with Crippen LogP contribution in [0.3, 0.4) is 0 Å². The quantitative estimate of drug-likeness (QED) is 0.755. The number of pyridine rings is 1. The minimum atomic E-state index is -1.16. The zero-order chi connectivity index (χ0) is 13.4. The third-order valence-corrected chi connectivity index (χ3v) is 2.57. The molecule has 0 fully saturated rings. The van der Waals surface area contributed by atoms with Gasteiger partial charge in [0.2, 0.25) is 0 Å².